The van der Waals surface area contributed by atoms with E-state index in [2.05, 4.69) is 14.4 Å². The van der Waals surface area contributed by atoms with E-state index in [1.165, 1.54) is 25.5 Å². The lowest BCUT2D eigenvalue weighted by Gasteiger charge is -2.01. The van der Waals surface area contributed by atoms with Crippen LogP contribution < -0.4 is 19.9 Å². The quantitative estimate of drug-likeness (QED) is 0.720. The third kappa shape index (κ3) is 2.47. The van der Waals surface area contributed by atoms with Gasteiger partial charge in [-0.3, -0.25) is 0 Å². The zero-order valence-corrected chi connectivity index (χ0v) is 11.4. The summed E-state index contributed by atoms with van der Waals surface area (Å²) in [7, 11) is -0.755. The van der Waals surface area contributed by atoms with Gasteiger partial charge in [0.05, 0.1) is 11.8 Å². The minimum absolute atomic E-state index is 0.253. The van der Waals surface area contributed by atoms with Crippen molar-refractivity contribution in [2.45, 2.75) is 0 Å². The molecule has 1 aromatic carbocycles. The SMILES string of the molecule is CNS(=O)(=O)Nc1nc2c(OC)cc(N)cc2s1. The van der Waals surface area contributed by atoms with Crippen molar-refractivity contribution in [2.75, 3.05) is 24.6 Å². The zero-order valence-electron chi connectivity index (χ0n) is 9.72. The van der Waals surface area contributed by atoms with E-state index < -0.39 is 10.2 Å². The van der Waals surface area contributed by atoms with Crippen LogP contribution in [0.5, 0.6) is 5.75 Å². The number of methoxy groups -OCH3 is 1. The van der Waals surface area contributed by atoms with Crippen molar-refractivity contribution < 1.29 is 13.2 Å². The number of nitrogens with one attached hydrogen (secondary N) is 2. The first-order valence-corrected chi connectivity index (χ1v) is 7.20. The van der Waals surface area contributed by atoms with Crippen LogP contribution in [-0.4, -0.2) is 27.6 Å². The number of benzene rings is 1. The van der Waals surface area contributed by atoms with E-state index in [4.69, 9.17) is 10.5 Å². The maximum Gasteiger partial charge on any atom is 0.300 e. The summed E-state index contributed by atoms with van der Waals surface area (Å²) in [6.07, 6.45) is 0. The number of anilines is 2. The smallest absolute Gasteiger partial charge is 0.300 e. The molecule has 0 aliphatic carbocycles. The maximum atomic E-state index is 11.4. The predicted octanol–water partition coefficient (Wildman–Crippen LogP) is 0.763. The van der Waals surface area contributed by atoms with Gasteiger partial charge in [-0.05, 0) is 6.07 Å². The highest BCUT2D eigenvalue weighted by Crippen LogP contribution is 2.34. The first-order chi connectivity index (χ1) is 8.45. The summed E-state index contributed by atoms with van der Waals surface area (Å²) < 4.78 is 33.1. The second-order valence-corrected chi connectivity index (χ2v) is 6.05. The van der Waals surface area contributed by atoms with Gasteiger partial charge in [0.1, 0.15) is 11.3 Å². The molecular formula is C9H12N4O3S2. The molecule has 0 atom stereocenters. The minimum atomic E-state index is -3.57. The number of hydrogen-bond acceptors (Lipinski definition) is 6. The summed E-state index contributed by atoms with van der Waals surface area (Å²) >= 11 is 1.18. The Bertz CT molecular complexity index is 680. The van der Waals surface area contributed by atoms with Crippen molar-refractivity contribution in [1.82, 2.24) is 9.71 Å². The lowest BCUT2D eigenvalue weighted by Crippen LogP contribution is -2.26. The van der Waals surface area contributed by atoms with E-state index in [0.717, 1.165) is 4.70 Å². The first-order valence-electron chi connectivity index (χ1n) is 4.90. The van der Waals surface area contributed by atoms with Crippen molar-refractivity contribution in [3.05, 3.63) is 12.1 Å². The molecular weight excluding hydrogens is 276 g/mol. The fraction of sp³-hybridized carbons (Fsp3) is 0.222. The largest absolute Gasteiger partial charge is 0.494 e. The number of aromatic nitrogens is 1. The average Bonchev–Trinajstić information content (AvgIpc) is 2.69. The van der Waals surface area contributed by atoms with Gasteiger partial charge in [-0.15, -0.1) is 0 Å². The van der Waals surface area contributed by atoms with E-state index in [9.17, 15) is 8.42 Å². The molecule has 2 rings (SSSR count). The molecule has 9 heteroatoms. The van der Waals surface area contributed by atoms with Crippen LogP contribution in [0.25, 0.3) is 10.2 Å². The Balaban J connectivity index is 2.50. The Morgan fingerprint density at radius 1 is 1.44 bits per heavy atom. The van der Waals surface area contributed by atoms with Crippen LogP contribution in [0.2, 0.25) is 0 Å². The number of nitrogens with two attached hydrogens (primary N) is 1. The van der Waals surface area contributed by atoms with Crippen molar-refractivity contribution in [3.8, 4) is 5.75 Å². The molecule has 2 aromatic rings. The van der Waals surface area contributed by atoms with E-state index >= 15 is 0 Å². The molecule has 0 aliphatic heterocycles. The van der Waals surface area contributed by atoms with Gasteiger partial charge >= 0.3 is 10.2 Å². The third-order valence-electron chi connectivity index (χ3n) is 2.19. The summed E-state index contributed by atoms with van der Waals surface area (Å²) in [5.41, 5.74) is 6.82. The summed E-state index contributed by atoms with van der Waals surface area (Å²) in [5.74, 6) is 0.510. The highest BCUT2D eigenvalue weighted by molar-refractivity contribution is 7.91. The molecule has 0 saturated carbocycles. The molecule has 0 radical (unpaired) electrons. The van der Waals surface area contributed by atoms with Crippen LogP contribution in [0.15, 0.2) is 12.1 Å². The molecule has 18 heavy (non-hydrogen) atoms. The van der Waals surface area contributed by atoms with Gasteiger partial charge in [-0.2, -0.15) is 8.42 Å². The topological polar surface area (TPSA) is 106 Å². The van der Waals surface area contributed by atoms with E-state index in [-0.39, 0.29) is 5.13 Å². The number of ether oxygens (including phenoxy) is 1. The van der Waals surface area contributed by atoms with Gasteiger partial charge in [0.25, 0.3) is 0 Å². The summed E-state index contributed by atoms with van der Waals surface area (Å²) in [6, 6.07) is 3.35. The van der Waals surface area contributed by atoms with Crippen LogP contribution in [0.3, 0.4) is 0 Å². The van der Waals surface area contributed by atoms with Crippen molar-refractivity contribution >= 4 is 42.6 Å². The predicted molar refractivity (Wildman–Crippen MR) is 72.2 cm³/mol. The number of nitrogen functional groups attached to an aromatic ring is 1. The maximum absolute atomic E-state index is 11.4. The molecule has 0 bridgehead atoms. The van der Waals surface area contributed by atoms with Crippen molar-refractivity contribution in [1.29, 1.82) is 0 Å². The van der Waals surface area contributed by atoms with Gasteiger partial charge in [0.2, 0.25) is 0 Å². The number of rotatable bonds is 4. The summed E-state index contributed by atoms with van der Waals surface area (Å²) in [6.45, 7) is 0. The summed E-state index contributed by atoms with van der Waals surface area (Å²) in [5, 5.41) is 0.253. The standard InChI is InChI=1S/C9H12N4O3S2/c1-11-18(14,15)13-9-12-8-6(16-2)3-5(10)4-7(8)17-9/h3-4,11H,10H2,1-2H3,(H,12,13). The lowest BCUT2D eigenvalue weighted by molar-refractivity contribution is 0.419. The van der Waals surface area contributed by atoms with Crippen LogP contribution >= 0.6 is 11.3 Å². The molecule has 0 amide bonds. The Morgan fingerprint density at radius 3 is 2.78 bits per heavy atom. The fourth-order valence-electron chi connectivity index (χ4n) is 1.38. The number of fused-ring (bicyclic) bond motifs is 1. The molecule has 7 nitrogen and oxygen atoms in total. The Morgan fingerprint density at radius 2 is 2.17 bits per heavy atom. The van der Waals surface area contributed by atoms with Gasteiger partial charge in [0.15, 0.2) is 5.13 Å². The normalized spacial score (nSPS) is 11.7. The van der Waals surface area contributed by atoms with Gasteiger partial charge in [0, 0.05) is 18.8 Å². The third-order valence-corrected chi connectivity index (χ3v) is 4.24. The van der Waals surface area contributed by atoms with Crippen LogP contribution in [-0.2, 0) is 10.2 Å². The second kappa shape index (κ2) is 4.59. The van der Waals surface area contributed by atoms with Crippen LogP contribution in [0.4, 0.5) is 10.8 Å². The summed E-state index contributed by atoms with van der Waals surface area (Å²) in [4.78, 5) is 4.17. The molecule has 0 saturated heterocycles. The average molecular weight is 288 g/mol. The number of hydrogen-bond donors (Lipinski definition) is 3. The molecule has 0 aliphatic rings. The highest BCUT2D eigenvalue weighted by atomic mass is 32.2. The number of thiazole rings is 1. The molecule has 0 unspecified atom stereocenters. The van der Waals surface area contributed by atoms with Gasteiger partial charge in [-0.1, -0.05) is 11.3 Å². The Labute approximate surface area is 108 Å². The second-order valence-electron chi connectivity index (χ2n) is 3.40. The van der Waals surface area contributed by atoms with Gasteiger partial charge in [-0.25, -0.2) is 14.4 Å². The van der Waals surface area contributed by atoms with E-state index in [1.54, 1.807) is 12.1 Å². The first kappa shape index (κ1) is 12.9. The molecule has 1 heterocycles. The zero-order chi connectivity index (χ0) is 13.3. The molecule has 1 aromatic heterocycles. The molecule has 4 N–H and O–H groups in total. The molecule has 0 spiro atoms. The fourth-order valence-corrected chi connectivity index (χ4v) is 3.04. The van der Waals surface area contributed by atoms with Crippen molar-refractivity contribution in [3.63, 3.8) is 0 Å². The number of nitrogens with zero attached hydrogens (tertiary/aromatic N) is 1. The Hall–Kier alpha value is -1.58. The minimum Gasteiger partial charge on any atom is -0.494 e. The Kier molecular flexibility index (Phi) is 3.28. The van der Waals surface area contributed by atoms with Crippen LogP contribution in [0, 0.1) is 0 Å². The van der Waals surface area contributed by atoms with Gasteiger partial charge < -0.3 is 10.5 Å². The van der Waals surface area contributed by atoms with E-state index in [1.807, 2.05) is 0 Å². The van der Waals surface area contributed by atoms with E-state index in [0.29, 0.717) is 17.0 Å². The van der Waals surface area contributed by atoms with Crippen LogP contribution in [0.1, 0.15) is 0 Å². The monoisotopic (exact) mass is 288 g/mol. The highest BCUT2D eigenvalue weighted by Gasteiger charge is 2.14. The van der Waals surface area contributed by atoms with Crippen molar-refractivity contribution in [2.24, 2.45) is 0 Å². The molecule has 0 fully saturated rings. The molecule has 98 valence electrons. The lowest BCUT2D eigenvalue weighted by atomic mass is 10.3.